The van der Waals surface area contributed by atoms with Gasteiger partial charge >= 0.3 is 48.7 Å². The van der Waals surface area contributed by atoms with Crippen molar-refractivity contribution < 1.29 is 76.3 Å². The van der Waals surface area contributed by atoms with Crippen LogP contribution in [0.3, 0.4) is 0 Å². The minimum Gasteiger partial charge on any atom is -0.410 e. The number of fused-ring (bicyclic) bond motifs is 8. The predicted octanol–water partition coefficient (Wildman–Crippen LogP) is 15.9. The van der Waals surface area contributed by atoms with Gasteiger partial charge in [0.25, 0.3) is 0 Å². The second kappa shape index (κ2) is 36.8. The normalized spacial score (nSPS) is 15.0. The van der Waals surface area contributed by atoms with Crippen LogP contribution in [0.15, 0.2) is 61.2 Å². The Bertz CT molecular complexity index is 3220. The molecule has 5 rings (SSSR count). The van der Waals surface area contributed by atoms with Gasteiger partial charge in [0, 0.05) is 141 Å². The van der Waals surface area contributed by atoms with Crippen molar-refractivity contribution in [3.63, 3.8) is 0 Å². The molecule has 8 bridgehead atoms. The van der Waals surface area contributed by atoms with Crippen LogP contribution in [-0.4, -0.2) is 97.1 Å². The van der Waals surface area contributed by atoms with Crippen molar-refractivity contribution in [2.45, 2.75) is 255 Å². The van der Waals surface area contributed by atoms with Crippen molar-refractivity contribution in [2.75, 3.05) is 0 Å². The third-order valence-electron chi connectivity index (χ3n) is 15.1. The van der Waals surface area contributed by atoms with Gasteiger partial charge in [-0.1, -0.05) is 59.0 Å². The van der Waals surface area contributed by atoms with Crippen LogP contribution in [0.4, 0.5) is 38.4 Å². The molecule has 0 saturated heterocycles. The van der Waals surface area contributed by atoms with Crippen molar-refractivity contribution in [1.29, 1.82) is 0 Å². The Labute approximate surface area is 571 Å². The highest BCUT2D eigenvalue weighted by atomic mass is 16.6. The molecule has 1 aliphatic carbocycles. The first-order valence-corrected chi connectivity index (χ1v) is 33.8. The van der Waals surface area contributed by atoms with Gasteiger partial charge in [-0.05, 0) is 154 Å². The zero-order chi connectivity index (χ0) is 72.1. The number of benzene rings is 4. The van der Waals surface area contributed by atoms with Gasteiger partial charge in [0.05, 0.1) is 0 Å². The predicted molar refractivity (Wildman–Crippen MR) is 372 cm³/mol. The molecule has 0 aliphatic heterocycles. The lowest BCUT2D eigenvalue weighted by atomic mass is 9.79. The average molecular weight is 1350 g/mol. The Morgan fingerprint density at radius 2 is 0.474 bits per heavy atom. The summed E-state index contributed by atoms with van der Waals surface area (Å²) >= 11 is 0. The van der Waals surface area contributed by atoms with Gasteiger partial charge in [-0.25, -0.2) is 38.4 Å². The first-order chi connectivity index (χ1) is 45.6. The van der Waals surface area contributed by atoms with Gasteiger partial charge in [-0.3, -0.25) is 0 Å². The zero-order valence-electron chi connectivity index (χ0n) is 60.0. The highest BCUT2D eigenvalue weighted by molar-refractivity contribution is 5.80. The summed E-state index contributed by atoms with van der Waals surface area (Å²) in [5.41, 5.74) is 2.25. The summed E-state index contributed by atoms with van der Waals surface area (Å²) in [6.07, 6.45) is 1.02. The number of hydrogen-bond donors (Lipinski definition) is 8. The van der Waals surface area contributed by atoms with Crippen molar-refractivity contribution in [1.82, 2.24) is 42.5 Å². The maximum absolute atomic E-state index is 14.3. The Balaban J connectivity index is 2.21. The van der Waals surface area contributed by atoms with Gasteiger partial charge in [-0.15, -0.1) is 6.58 Å². The van der Waals surface area contributed by atoms with Crippen LogP contribution in [-0.2, 0) is 0 Å². The standard InChI is InChI=1S/C73H104N8O16/c1-21-22-23-24-25-26-27-28-29-49-56-32-54(62(94-70(86)78-42(10)11)36-64(56)96-72(88)80-44(14)15)47(19)52-30-50(58(90-66(82)74-38(2)3)34-60(52)92-68(84)76-40(6)7)46(18)51-31-53(61(93-69(85)77-41(8)9)35-59(51)91-67(83)75-39(4)5)48(20)55-33-57(49)65(97-73(89)81-45(16)17)37-63(55)95-71(87)79-43(12)13/h21,30-49H,1,22-29H2,2-20H3,(H,74,82)(H,75,83)(H,76,84)(H,77,85)(H,78,86)(H,79,87)(H,80,88)(H,81,89)/t46?,47-,48+,49?. The summed E-state index contributed by atoms with van der Waals surface area (Å²) in [6, 6.07) is 9.17. The van der Waals surface area contributed by atoms with Gasteiger partial charge in [0.1, 0.15) is 46.0 Å². The second-order valence-electron chi connectivity index (χ2n) is 26.9. The maximum Gasteiger partial charge on any atom is 0.412 e. The summed E-state index contributed by atoms with van der Waals surface area (Å²) in [4.78, 5) is 113. The fourth-order valence-electron chi connectivity index (χ4n) is 10.9. The monoisotopic (exact) mass is 1350 g/mol. The maximum atomic E-state index is 14.3. The molecule has 1 aliphatic rings. The largest absolute Gasteiger partial charge is 0.412 e. The van der Waals surface area contributed by atoms with Crippen LogP contribution in [0.2, 0.25) is 0 Å². The quantitative estimate of drug-likeness (QED) is 0.0226. The molecule has 24 nitrogen and oxygen atoms in total. The fraction of sp³-hybridized carbons (Fsp3) is 0.534. The molecule has 0 fully saturated rings. The van der Waals surface area contributed by atoms with E-state index >= 15 is 0 Å². The van der Waals surface area contributed by atoms with Crippen LogP contribution in [0.1, 0.15) is 251 Å². The number of carbonyl (C=O) groups excluding carboxylic acids is 8. The third-order valence-corrected chi connectivity index (χ3v) is 15.1. The van der Waals surface area contributed by atoms with E-state index in [1.54, 1.807) is 156 Å². The molecule has 4 aromatic rings. The number of nitrogens with one attached hydrogen (secondary N) is 8. The molecular weight excluding hydrogens is 1240 g/mol. The Morgan fingerprint density at radius 3 is 0.670 bits per heavy atom. The lowest BCUT2D eigenvalue weighted by Crippen LogP contribution is -2.34. The van der Waals surface area contributed by atoms with Crippen LogP contribution in [0, 0.1) is 0 Å². The molecule has 24 heteroatoms. The topological polar surface area (TPSA) is 307 Å². The third kappa shape index (κ3) is 24.1. The number of allylic oxidation sites excluding steroid dienone is 1. The number of ether oxygens (including phenoxy) is 8. The van der Waals surface area contributed by atoms with Crippen molar-refractivity contribution >= 4 is 48.7 Å². The first kappa shape index (κ1) is 78.5. The van der Waals surface area contributed by atoms with Crippen LogP contribution < -0.4 is 80.4 Å². The lowest BCUT2D eigenvalue weighted by Gasteiger charge is -2.30. The van der Waals surface area contributed by atoms with E-state index in [0.29, 0.717) is 24.0 Å². The Kier molecular flexibility index (Phi) is 29.7. The van der Waals surface area contributed by atoms with E-state index in [2.05, 4.69) is 49.1 Å². The first-order valence-electron chi connectivity index (χ1n) is 33.8. The van der Waals surface area contributed by atoms with E-state index in [9.17, 15) is 38.4 Å². The van der Waals surface area contributed by atoms with Crippen LogP contribution in [0.25, 0.3) is 0 Å². The molecule has 0 aromatic heterocycles. The molecule has 8 amide bonds. The number of rotatable bonds is 25. The molecule has 532 valence electrons. The van der Waals surface area contributed by atoms with E-state index in [1.165, 1.54) is 24.3 Å². The lowest BCUT2D eigenvalue weighted by molar-refractivity contribution is 0.193. The van der Waals surface area contributed by atoms with Crippen LogP contribution in [0.5, 0.6) is 46.0 Å². The minimum absolute atomic E-state index is 0.0728. The molecular formula is C73H104N8O16. The summed E-state index contributed by atoms with van der Waals surface area (Å²) < 4.78 is 50.4. The second-order valence-corrected chi connectivity index (χ2v) is 26.9. The van der Waals surface area contributed by atoms with Crippen LogP contribution >= 0.6 is 0 Å². The SMILES string of the molecule is C=CCCCCCCCCC1c2cc(c(OC(=O)NC(C)C)cc2OC(=O)NC(C)C)[C@H](C)c2cc(c(OC(=O)NC(C)C)cc2OC(=O)NC(C)C)C(C)c2cc(c(OC(=O)NC(C)C)cc2OC(=O)NC(C)C)[C@H](C)c2cc1c(OC(=O)NC(C)C)cc2OC(=O)NC(C)C. The number of hydrogen-bond acceptors (Lipinski definition) is 16. The van der Waals surface area contributed by atoms with Gasteiger partial charge in [0.2, 0.25) is 0 Å². The molecule has 0 saturated carbocycles. The highest BCUT2D eigenvalue weighted by Gasteiger charge is 2.36. The van der Waals surface area contributed by atoms with Crippen molar-refractivity contribution in [3.05, 3.63) is 106 Å². The summed E-state index contributed by atoms with van der Waals surface area (Å²) in [5.74, 6) is -4.73. The molecule has 4 atom stereocenters. The number of carbonyl (C=O) groups is 8. The van der Waals surface area contributed by atoms with Crippen molar-refractivity contribution in [3.8, 4) is 46.0 Å². The van der Waals surface area contributed by atoms with Crippen molar-refractivity contribution in [2.24, 2.45) is 0 Å². The molecule has 4 aromatic carbocycles. The van der Waals surface area contributed by atoms with Gasteiger partial charge in [-0.2, -0.15) is 0 Å². The average Bonchev–Trinajstić information content (AvgIpc) is 0.757. The Morgan fingerprint density at radius 1 is 0.299 bits per heavy atom. The highest BCUT2D eigenvalue weighted by Crippen LogP contribution is 2.52. The van der Waals surface area contributed by atoms with E-state index < -0.39 is 121 Å². The van der Waals surface area contributed by atoms with Gasteiger partial charge < -0.3 is 80.4 Å². The summed E-state index contributed by atoms with van der Waals surface area (Å²) in [5, 5.41) is 22.3. The molecule has 8 N–H and O–H groups in total. The van der Waals surface area contributed by atoms with E-state index in [-0.39, 0.29) is 85.8 Å². The molecule has 0 spiro atoms. The van der Waals surface area contributed by atoms with E-state index in [4.69, 9.17) is 37.9 Å². The Hall–Kier alpha value is -9.22. The summed E-state index contributed by atoms with van der Waals surface area (Å²) in [7, 11) is 0. The molecule has 2 unspecified atom stereocenters. The molecule has 97 heavy (non-hydrogen) atoms. The smallest absolute Gasteiger partial charge is 0.410 e. The minimum atomic E-state index is -1.01. The van der Waals surface area contributed by atoms with E-state index in [1.807, 2.05) is 6.08 Å². The number of unbranched alkanes of at least 4 members (excludes halogenated alkanes) is 6. The molecule has 0 radical (unpaired) electrons. The number of amides is 8. The molecule has 0 heterocycles. The summed E-state index contributed by atoms with van der Waals surface area (Å²) in [6.45, 7) is 37.2. The zero-order valence-corrected chi connectivity index (χ0v) is 60.0. The van der Waals surface area contributed by atoms with Gasteiger partial charge in [0.15, 0.2) is 0 Å². The fourth-order valence-corrected chi connectivity index (χ4v) is 10.9. The van der Waals surface area contributed by atoms with E-state index in [0.717, 1.165) is 32.1 Å².